The molecule has 0 atom stereocenters. The monoisotopic (exact) mass is 336 g/mol. The molecule has 4 aromatic rings. The van der Waals surface area contributed by atoms with E-state index >= 15 is 0 Å². The van der Waals surface area contributed by atoms with E-state index in [9.17, 15) is 4.79 Å². The van der Waals surface area contributed by atoms with Gasteiger partial charge in [-0.1, -0.05) is 18.2 Å². The minimum Gasteiger partial charge on any atom is -0.331 e. The van der Waals surface area contributed by atoms with E-state index in [2.05, 4.69) is 33.7 Å². The Hall–Kier alpha value is -2.86. The Morgan fingerprint density at radius 3 is 2.79 bits per heavy atom. The Morgan fingerprint density at radius 1 is 1.17 bits per heavy atom. The standard InChI is InChI=1S/C18H16N4OS/c1-22(2)18(23)20-13-7-12-10-19-21-17(12)14(9-13)16-8-11-5-3-4-6-15(11)24-16/h3-10H,1-2H3,(H,19,21)(H,20,23). The van der Waals surface area contributed by atoms with Crippen LogP contribution in [-0.2, 0) is 0 Å². The van der Waals surface area contributed by atoms with Gasteiger partial charge in [-0.3, -0.25) is 5.10 Å². The third-order valence-corrected chi connectivity index (χ3v) is 5.05. The fourth-order valence-corrected chi connectivity index (χ4v) is 3.76. The molecule has 6 heteroatoms. The largest absolute Gasteiger partial charge is 0.331 e. The average molecular weight is 336 g/mol. The van der Waals surface area contributed by atoms with Gasteiger partial charge in [-0.25, -0.2) is 4.79 Å². The molecule has 0 saturated carbocycles. The molecule has 120 valence electrons. The predicted molar refractivity (Wildman–Crippen MR) is 99.6 cm³/mol. The Kier molecular flexibility index (Phi) is 3.46. The molecule has 0 aliphatic carbocycles. The molecule has 0 unspecified atom stereocenters. The highest BCUT2D eigenvalue weighted by Crippen LogP contribution is 2.38. The smallest absolute Gasteiger partial charge is 0.321 e. The van der Waals surface area contributed by atoms with E-state index in [1.807, 2.05) is 24.3 Å². The van der Waals surface area contributed by atoms with E-state index < -0.39 is 0 Å². The number of carbonyl (C=O) groups excluding carboxylic acids is 1. The van der Waals surface area contributed by atoms with E-state index in [4.69, 9.17) is 0 Å². The Morgan fingerprint density at radius 2 is 2.00 bits per heavy atom. The molecule has 0 aliphatic rings. The zero-order valence-corrected chi connectivity index (χ0v) is 14.1. The average Bonchev–Trinajstić information content (AvgIpc) is 3.20. The Bertz CT molecular complexity index is 1010. The van der Waals surface area contributed by atoms with Crippen molar-refractivity contribution in [3.63, 3.8) is 0 Å². The van der Waals surface area contributed by atoms with Crippen LogP contribution in [0, 0.1) is 0 Å². The van der Waals surface area contributed by atoms with Gasteiger partial charge in [-0.15, -0.1) is 11.3 Å². The normalized spacial score (nSPS) is 11.1. The van der Waals surface area contributed by atoms with Gasteiger partial charge in [0, 0.05) is 40.3 Å². The topological polar surface area (TPSA) is 61.0 Å². The molecule has 2 aromatic heterocycles. The molecule has 24 heavy (non-hydrogen) atoms. The van der Waals surface area contributed by atoms with Crippen molar-refractivity contribution in [3.05, 3.63) is 48.7 Å². The molecule has 0 spiro atoms. The summed E-state index contributed by atoms with van der Waals surface area (Å²) in [5, 5.41) is 12.3. The summed E-state index contributed by atoms with van der Waals surface area (Å²) < 4.78 is 1.24. The lowest BCUT2D eigenvalue weighted by Crippen LogP contribution is -2.27. The number of carbonyl (C=O) groups is 1. The van der Waals surface area contributed by atoms with Gasteiger partial charge < -0.3 is 10.2 Å². The summed E-state index contributed by atoms with van der Waals surface area (Å²) >= 11 is 1.73. The first-order valence-corrected chi connectivity index (χ1v) is 8.38. The van der Waals surface area contributed by atoms with Gasteiger partial charge in [0.1, 0.15) is 0 Å². The van der Waals surface area contributed by atoms with E-state index in [-0.39, 0.29) is 6.03 Å². The second-order valence-corrected chi connectivity index (χ2v) is 6.91. The van der Waals surface area contributed by atoms with Crippen LogP contribution in [0.3, 0.4) is 0 Å². The number of fused-ring (bicyclic) bond motifs is 2. The molecule has 0 bridgehead atoms. The van der Waals surface area contributed by atoms with Crippen LogP contribution in [0.2, 0.25) is 0 Å². The van der Waals surface area contributed by atoms with E-state index in [1.165, 1.54) is 15.0 Å². The number of H-pyrrole nitrogens is 1. The van der Waals surface area contributed by atoms with E-state index in [0.29, 0.717) is 0 Å². The minimum atomic E-state index is -0.153. The summed E-state index contributed by atoms with van der Waals surface area (Å²) in [5.41, 5.74) is 2.78. The van der Waals surface area contributed by atoms with Gasteiger partial charge in [0.25, 0.3) is 0 Å². The maximum atomic E-state index is 12.0. The number of aromatic amines is 1. The number of nitrogens with one attached hydrogen (secondary N) is 2. The number of nitrogens with zero attached hydrogens (tertiary/aromatic N) is 2. The molecule has 0 fully saturated rings. The lowest BCUT2D eigenvalue weighted by atomic mass is 10.1. The van der Waals surface area contributed by atoms with Gasteiger partial charge in [-0.2, -0.15) is 5.10 Å². The zero-order valence-electron chi connectivity index (χ0n) is 13.3. The molecule has 2 aromatic carbocycles. The summed E-state index contributed by atoms with van der Waals surface area (Å²) in [6.07, 6.45) is 1.78. The van der Waals surface area contributed by atoms with Gasteiger partial charge in [0.2, 0.25) is 0 Å². The van der Waals surface area contributed by atoms with Gasteiger partial charge in [0.15, 0.2) is 0 Å². The highest BCUT2D eigenvalue weighted by atomic mass is 32.1. The third-order valence-electron chi connectivity index (χ3n) is 3.90. The molecular weight excluding hydrogens is 320 g/mol. The first-order valence-electron chi connectivity index (χ1n) is 7.56. The summed E-state index contributed by atoms with van der Waals surface area (Å²) in [6, 6.07) is 14.2. The Labute approximate surface area is 142 Å². The molecule has 2 heterocycles. The van der Waals surface area contributed by atoms with Crippen LogP contribution in [0.15, 0.2) is 48.7 Å². The van der Waals surface area contributed by atoms with Crippen molar-refractivity contribution in [3.8, 4) is 10.4 Å². The molecule has 0 radical (unpaired) electrons. The lowest BCUT2D eigenvalue weighted by molar-refractivity contribution is 0.230. The molecule has 4 rings (SSSR count). The van der Waals surface area contributed by atoms with Crippen LogP contribution >= 0.6 is 11.3 Å². The number of aromatic nitrogens is 2. The molecular formula is C18H16N4OS. The SMILES string of the molecule is CN(C)C(=O)Nc1cc(-c2cc3ccccc3s2)c2[nH]ncc2c1. The quantitative estimate of drug-likeness (QED) is 0.564. The van der Waals surface area contributed by atoms with E-state index in [1.54, 1.807) is 31.6 Å². The number of hydrogen-bond donors (Lipinski definition) is 2. The number of benzene rings is 2. The molecule has 0 saturated heterocycles. The summed E-state index contributed by atoms with van der Waals surface area (Å²) in [4.78, 5) is 14.6. The van der Waals surface area contributed by atoms with E-state index in [0.717, 1.165) is 27.0 Å². The fourth-order valence-electron chi connectivity index (χ4n) is 2.67. The van der Waals surface area contributed by atoms with Gasteiger partial charge in [0.05, 0.1) is 11.7 Å². The van der Waals surface area contributed by atoms with Crippen LogP contribution in [0.1, 0.15) is 0 Å². The highest BCUT2D eigenvalue weighted by molar-refractivity contribution is 7.22. The number of hydrogen-bond acceptors (Lipinski definition) is 3. The van der Waals surface area contributed by atoms with Crippen LogP contribution in [-0.4, -0.2) is 35.2 Å². The summed E-state index contributed by atoms with van der Waals surface area (Å²) in [7, 11) is 3.44. The van der Waals surface area contributed by atoms with Crippen molar-refractivity contribution in [1.29, 1.82) is 0 Å². The second kappa shape index (κ2) is 5.65. The lowest BCUT2D eigenvalue weighted by Gasteiger charge is -2.13. The number of thiophene rings is 1. The molecule has 2 N–H and O–H groups in total. The molecule has 0 aliphatic heterocycles. The van der Waals surface area contributed by atoms with Gasteiger partial charge in [-0.05, 0) is 29.7 Å². The summed E-state index contributed by atoms with van der Waals surface area (Å²) in [6.45, 7) is 0. The van der Waals surface area contributed by atoms with Crippen molar-refractivity contribution < 1.29 is 4.79 Å². The second-order valence-electron chi connectivity index (χ2n) is 5.83. The maximum Gasteiger partial charge on any atom is 0.321 e. The molecule has 5 nitrogen and oxygen atoms in total. The summed E-state index contributed by atoms with van der Waals surface area (Å²) in [5.74, 6) is 0. The van der Waals surface area contributed by atoms with Crippen molar-refractivity contribution in [2.45, 2.75) is 0 Å². The van der Waals surface area contributed by atoms with Crippen molar-refractivity contribution in [1.82, 2.24) is 15.1 Å². The number of amides is 2. The number of anilines is 1. The molecule has 2 amide bonds. The Balaban J connectivity index is 1.86. The van der Waals surface area contributed by atoms with Crippen molar-refractivity contribution in [2.75, 3.05) is 19.4 Å². The number of rotatable bonds is 2. The van der Waals surface area contributed by atoms with Crippen LogP contribution in [0.25, 0.3) is 31.4 Å². The maximum absolute atomic E-state index is 12.0. The third kappa shape index (κ3) is 2.51. The van der Waals surface area contributed by atoms with Gasteiger partial charge >= 0.3 is 6.03 Å². The first kappa shape index (κ1) is 14.7. The van der Waals surface area contributed by atoms with Crippen molar-refractivity contribution in [2.24, 2.45) is 0 Å². The van der Waals surface area contributed by atoms with Crippen LogP contribution in [0.4, 0.5) is 10.5 Å². The zero-order chi connectivity index (χ0) is 16.7. The fraction of sp³-hybridized carbons (Fsp3) is 0.111. The van der Waals surface area contributed by atoms with Crippen LogP contribution in [0.5, 0.6) is 0 Å². The minimum absolute atomic E-state index is 0.153. The predicted octanol–water partition coefficient (Wildman–Crippen LogP) is 4.54. The van der Waals surface area contributed by atoms with Crippen LogP contribution < -0.4 is 5.32 Å². The first-order chi connectivity index (χ1) is 11.6. The number of urea groups is 1. The van der Waals surface area contributed by atoms with Crippen molar-refractivity contribution >= 4 is 44.0 Å². The highest BCUT2D eigenvalue weighted by Gasteiger charge is 2.13.